The quantitative estimate of drug-likeness (QED) is 0.513. The van der Waals surface area contributed by atoms with Gasteiger partial charge in [0.05, 0.1) is 18.5 Å². The number of aromatic nitrogens is 4. The van der Waals surface area contributed by atoms with Crippen LogP contribution in [0.15, 0.2) is 36.1 Å². The molecule has 3 aromatic rings. The number of nitrogens with two attached hydrogens (primary N) is 1. The first-order valence-electron chi connectivity index (χ1n) is 7.72. The minimum atomic E-state index is -0.0975. The highest BCUT2D eigenvalue weighted by atomic mass is 32.1. The zero-order valence-corrected chi connectivity index (χ0v) is 14.9. The molecule has 26 heavy (non-hydrogen) atoms. The van der Waals surface area contributed by atoms with Crippen molar-refractivity contribution in [3.8, 4) is 29.7 Å². The first kappa shape index (κ1) is 17.7. The average Bonchev–Trinajstić information content (AvgIpc) is 3.27. The lowest BCUT2D eigenvalue weighted by molar-refractivity contribution is 0.187. The summed E-state index contributed by atoms with van der Waals surface area (Å²) in [4.78, 5) is 13.0. The van der Waals surface area contributed by atoms with E-state index in [1.54, 1.807) is 37.9 Å². The number of ether oxygens (including phenoxy) is 1. The summed E-state index contributed by atoms with van der Waals surface area (Å²) in [5.41, 5.74) is 8.46. The summed E-state index contributed by atoms with van der Waals surface area (Å²) in [7, 11) is 1.64. The fourth-order valence-corrected chi connectivity index (χ4v) is 3.22. The van der Waals surface area contributed by atoms with Gasteiger partial charge in [0.2, 0.25) is 5.88 Å². The number of terminal acetylenes is 1. The largest absolute Gasteiger partial charge is 0.492 e. The Morgan fingerprint density at radius 1 is 1.50 bits per heavy atom. The van der Waals surface area contributed by atoms with Crippen molar-refractivity contribution in [3.63, 3.8) is 0 Å². The molecule has 0 aliphatic rings. The van der Waals surface area contributed by atoms with Gasteiger partial charge < -0.3 is 20.1 Å². The molecule has 132 valence electrons. The second-order valence-corrected chi connectivity index (χ2v) is 6.21. The number of hydrogen-bond donors (Lipinski definition) is 2. The maximum atomic E-state index is 10.3. The summed E-state index contributed by atoms with van der Waals surface area (Å²) in [5, 5.41) is 12.1. The number of methoxy groups -OCH3 is 1. The second-order valence-electron chi connectivity index (χ2n) is 5.34. The highest BCUT2D eigenvalue weighted by Gasteiger charge is 2.16. The van der Waals surface area contributed by atoms with Crippen LogP contribution in [-0.4, -0.2) is 38.3 Å². The molecule has 0 fully saturated rings. The van der Waals surface area contributed by atoms with E-state index in [4.69, 9.17) is 16.9 Å². The normalized spacial score (nSPS) is 12.1. The predicted molar refractivity (Wildman–Crippen MR) is 102 cm³/mol. The van der Waals surface area contributed by atoms with Crippen molar-refractivity contribution in [2.24, 2.45) is 5.73 Å². The van der Waals surface area contributed by atoms with E-state index in [9.17, 15) is 5.11 Å². The second kappa shape index (κ2) is 7.82. The topological polar surface area (TPSA) is 99.1 Å². The van der Waals surface area contributed by atoms with Crippen LogP contribution >= 0.6 is 11.3 Å². The Morgan fingerprint density at radius 3 is 3.12 bits per heavy atom. The van der Waals surface area contributed by atoms with Gasteiger partial charge in [0.25, 0.3) is 0 Å². The van der Waals surface area contributed by atoms with Crippen molar-refractivity contribution in [3.05, 3.63) is 41.7 Å². The number of nitrogens with zero attached hydrogens (tertiary/aromatic N) is 4. The fraction of sp³-hybridized carbons (Fsp3) is 0.167. The number of allylic oxidation sites excluding steroid dienone is 3. The van der Waals surface area contributed by atoms with Crippen LogP contribution < -0.4 is 5.73 Å². The van der Waals surface area contributed by atoms with E-state index >= 15 is 0 Å². The van der Waals surface area contributed by atoms with Crippen molar-refractivity contribution in [1.82, 2.24) is 19.5 Å². The molecule has 0 saturated heterocycles. The average molecular weight is 367 g/mol. The minimum absolute atomic E-state index is 0.0975. The maximum Gasteiger partial charge on any atom is 0.233 e. The van der Waals surface area contributed by atoms with Crippen LogP contribution in [0.3, 0.4) is 0 Å². The molecule has 0 spiro atoms. The molecule has 0 amide bonds. The minimum Gasteiger partial charge on any atom is -0.492 e. The van der Waals surface area contributed by atoms with E-state index in [0.29, 0.717) is 46.1 Å². The summed E-state index contributed by atoms with van der Waals surface area (Å²) >= 11 is 1.33. The third-order valence-corrected chi connectivity index (χ3v) is 4.56. The molecule has 0 radical (unpaired) electrons. The van der Waals surface area contributed by atoms with Gasteiger partial charge in [0.1, 0.15) is 10.4 Å². The van der Waals surface area contributed by atoms with Crippen molar-refractivity contribution in [2.45, 2.75) is 6.54 Å². The number of thiophene rings is 1. The predicted octanol–water partition coefficient (Wildman–Crippen LogP) is 2.40. The Labute approximate surface area is 154 Å². The van der Waals surface area contributed by atoms with Crippen molar-refractivity contribution in [1.29, 1.82) is 0 Å². The monoisotopic (exact) mass is 367 g/mol. The molecule has 0 aliphatic heterocycles. The van der Waals surface area contributed by atoms with Gasteiger partial charge in [-0.15, -0.1) is 17.8 Å². The number of fused-ring (bicyclic) bond motifs is 1. The van der Waals surface area contributed by atoms with Crippen LogP contribution in [0.1, 0.15) is 5.56 Å². The molecule has 0 bridgehead atoms. The summed E-state index contributed by atoms with van der Waals surface area (Å²) < 4.78 is 7.49. The van der Waals surface area contributed by atoms with Crippen LogP contribution in [0.2, 0.25) is 0 Å². The van der Waals surface area contributed by atoms with Crippen LogP contribution in [0, 0.1) is 12.3 Å². The van der Waals surface area contributed by atoms with Gasteiger partial charge >= 0.3 is 0 Å². The highest BCUT2D eigenvalue weighted by molar-refractivity contribution is 7.17. The fourth-order valence-electron chi connectivity index (χ4n) is 2.31. The first-order valence-corrected chi connectivity index (χ1v) is 8.60. The Morgan fingerprint density at radius 2 is 2.35 bits per heavy atom. The summed E-state index contributed by atoms with van der Waals surface area (Å²) in [6.07, 6.45) is 13.6. The molecule has 3 rings (SSSR count). The molecular formula is C18H17N5O2S. The number of rotatable bonds is 6. The third-order valence-electron chi connectivity index (χ3n) is 3.59. The molecule has 0 aliphatic carbocycles. The molecule has 0 aromatic carbocycles. The molecule has 0 saturated carbocycles. The van der Waals surface area contributed by atoms with Gasteiger partial charge in [-0.3, -0.25) is 0 Å². The van der Waals surface area contributed by atoms with Crippen LogP contribution in [-0.2, 0) is 11.3 Å². The van der Waals surface area contributed by atoms with E-state index in [2.05, 4.69) is 20.9 Å². The highest BCUT2D eigenvalue weighted by Crippen LogP contribution is 2.34. The summed E-state index contributed by atoms with van der Waals surface area (Å²) in [6.45, 7) is 1.24. The Kier molecular flexibility index (Phi) is 5.31. The van der Waals surface area contributed by atoms with Crippen molar-refractivity contribution < 1.29 is 9.84 Å². The van der Waals surface area contributed by atoms with E-state index in [1.165, 1.54) is 11.3 Å². The van der Waals surface area contributed by atoms with E-state index in [0.717, 1.165) is 0 Å². The van der Waals surface area contributed by atoms with Crippen LogP contribution in [0.25, 0.3) is 27.4 Å². The number of aromatic hydroxyl groups is 1. The molecule has 0 atom stereocenters. The summed E-state index contributed by atoms with van der Waals surface area (Å²) in [6, 6.07) is 0. The van der Waals surface area contributed by atoms with E-state index in [-0.39, 0.29) is 5.88 Å². The van der Waals surface area contributed by atoms with Crippen LogP contribution in [0.4, 0.5) is 0 Å². The molecule has 8 heteroatoms. The molecule has 3 aromatic heterocycles. The van der Waals surface area contributed by atoms with Gasteiger partial charge in [-0.25, -0.2) is 9.97 Å². The molecule has 0 unspecified atom stereocenters. The first-order chi connectivity index (χ1) is 12.6. The van der Waals surface area contributed by atoms with E-state index < -0.39 is 0 Å². The SMILES string of the molecule is C#C/C=C\C=C(/N)c1csc2c(O)nc(-c3cn(CCOC)cn3)nc12. The van der Waals surface area contributed by atoms with Gasteiger partial charge in [-0.1, -0.05) is 12.0 Å². The Bertz CT molecular complexity index is 1030. The Hall–Kier alpha value is -3.15. The van der Waals surface area contributed by atoms with Crippen molar-refractivity contribution >= 4 is 27.3 Å². The lowest BCUT2D eigenvalue weighted by atomic mass is 10.2. The van der Waals surface area contributed by atoms with E-state index in [1.807, 2.05) is 9.95 Å². The number of hydrogen-bond acceptors (Lipinski definition) is 7. The van der Waals surface area contributed by atoms with Gasteiger partial charge in [-0.2, -0.15) is 4.98 Å². The molecule has 3 heterocycles. The Balaban J connectivity index is 2.02. The summed E-state index contributed by atoms with van der Waals surface area (Å²) in [5.74, 6) is 2.63. The number of imidazole rings is 1. The van der Waals surface area contributed by atoms with Gasteiger partial charge in [0, 0.05) is 36.5 Å². The zero-order valence-electron chi connectivity index (χ0n) is 14.1. The van der Waals surface area contributed by atoms with Gasteiger partial charge in [-0.05, 0) is 12.2 Å². The third kappa shape index (κ3) is 3.59. The molecule has 3 N–H and O–H groups in total. The molecule has 7 nitrogen and oxygen atoms in total. The lowest BCUT2D eigenvalue weighted by Gasteiger charge is -2.02. The lowest BCUT2D eigenvalue weighted by Crippen LogP contribution is -2.01. The maximum absolute atomic E-state index is 10.3. The standard InChI is InChI=1S/C18H17N5O2S/c1-3-4-5-6-13(19)12-10-26-16-15(12)21-17(22-18(16)24)14-9-23(11-20-14)7-8-25-2/h1,4-6,9-11H,7-8,19H2,2H3,(H,21,22,24)/b5-4-,13-6-. The zero-order chi connectivity index (χ0) is 18.5. The van der Waals surface area contributed by atoms with Gasteiger partial charge in [0.15, 0.2) is 5.82 Å². The smallest absolute Gasteiger partial charge is 0.233 e. The van der Waals surface area contributed by atoms with Crippen LogP contribution in [0.5, 0.6) is 5.88 Å². The van der Waals surface area contributed by atoms with Crippen molar-refractivity contribution in [2.75, 3.05) is 13.7 Å². The molecular weight excluding hydrogens is 350 g/mol.